The molecule has 1 aliphatic rings. The highest BCUT2D eigenvalue weighted by atomic mass is 35.5. The van der Waals surface area contributed by atoms with E-state index in [1.165, 1.54) is 0 Å². The number of amides is 1. The summed E-state index contributed by atoms with van der Waals surface area (Å²) in [6.45, 7) is 2.02. The molecule has 1 saturated heterocycles. The average Bonchev–Trinajstić information content (AvgIpc) is 3.35. The van der Waals surface area contributed by atoms with E-state index in [2.05, 4.69) is 20.4 Å². The summed E-state index contributed by atoms with van der Waals surface area (Å²) in [6.07, 6.45) is 1.44. The van der Waals surface area contributed by atoms with Gasteiger partial charge in [0.05, 0.1) is 12.2 Å². The van der Waals surface area contributed by atoms with E-state index in [-0.39, 0.29) is 11.8 Å². The van der Waals surface area contributed by atoms with Crippen LogP contribution in [-0.2, 0) is 11.3 Å². The second kappa shape index (κ2) is 11.1. The van der Waals surface area contributed by atoms with Crippen molar-refractivity contribution in [3.8, 4) is 22.9 Å². The minimum absolute atomic E-state index is 0.0455. The number of hydrogen-bond acceptors (Lipinski definition) is 6. The van der Waals surface area contributed by atoms with Gasteiger partial charge in [-0.3, -0.25) is 9.69 Å². The molecule has 1 amide bonds. The number of para-hydroxylation sites is 1. The smallest absolute Gasteiger partial charge is 0.241 e. The van der Waals surface area contributed by atoms with Gasteiger partial charge in [-0.25, -0.2) is 0 Å². The van der Waals surface area contributed by atoms with Crippen LogP contribution >= 0.6 is 23.2 Å². The van der Waals surface area contributed by atoms with Crippen LogP contribution in [0.1, 0.15) is 18.7 Å². The molecule has 1 aromatic heterocycles. The fourth-order valence-electron chi connectivity index (χ4n) is 4.15. The third-order valence-corrected chi connectivity index (χ3v) is 6.51. The van der Waals surface area contributed by atoms with Gasteiger partial charge in [-0.1, -0.05) is 58.7 Å². The molecular formula is C27H24Cl2N4O3. The third kappa shape index (κ3) is 6.05. The van der Waals surface area contributed by atoms with Crippen molar-refractivity contribution < 1.29 is 14.1 Å². The van der Waals surface area contributed by atoms with Gasteiger partial charge in [0, 0.05) is 21.5 Å². The molecule has 7 nitrogen and oxygen atoms in total. The Balaban J connectivity index is 1.17. The Labute approximate surface area is 219 Å². The van der Waals surface area contributed by atoms with Crippen LogP contribution in [0.5, 0.6) is 11.5 Å². The molecule has 5 rings (SSSR count). The molecule has 0 aliphatic carbocycles. The first kappa shape index (κ1) is 24.3. The van der Waals surface area contributed by atoms with Crippen LogP contribution in [0.25, 0.3) is 11.4 Å². The predicted octanol–water partition coefficient (Wildman–Crippen LogP) is 6.69. The van der Waals surface area contributed by atoms with Crippen molar-refractivity contribution in [3.63, 3.8) is 0 Å². The summed E-state index contributed by atoms with van der Waals surface area (Å²) in [4.78, 5) is 19.8. The number of carbonyl (C=O) groups is 1. The number of nitrogens with zero attached hydrogens (tertiary/aromatic N) is 3. The second-order valence-electron chi connectivity index (χ2n) is 8.62. The van der Waals surface area contributed by atoms with Crippen molar-refractivity contribution in [1.82, 2.24) is 15.0 Å². The van der Waals surface area contributed by atoms with Gasteiger partial charge in [0.25, 0.3) is 0 Å². The lowest BCUT2D eigenvalue weighted by molar-refractivity contribution is -0.121. The van der Waals surface area contributed by atoms with Gasteiger partial charge < -0.3 is 14.6 Å². The van der Waals surface area contributed by atoms with E-state index in [9.17, 15) is 4.79 Å². The van der Waals surface area contributed by atoms with E-state index < -0.39 is 0 Å². The summed E-state index contributed by atoms with van der Waals surface area (Å²) in [7, 11) is 0. The van der Waals surface area contributed by atoms with Crippen molar-refractivity contribution >= 4 is 34.8 Å². The minimum atomic E-state index is -0.116. The van der Waals surface area contributed by atoms with E-state index >= 15 is 0 Å². The summed E-state index contributed by atoms with van der Waals surface area (Å²) >= 11 is 12.3. The normalized spacial score (nSPS) is 14.5. The quantitative estimate of drug-likeness (QED) is 0.291. The van der Waals surface area contributed by atoms with Crippen molar-refractivity contribution in [1.29, 1.82) is 0 Å². The number of carbonyl (C=O) groups excluding carboxylic acids is 1. The molecule has 0 radical (unpaired) electrons. The summed E-state index contributed by atoms with van der Waals surface area (Å²) in [6, 6.07) is 22.0. The van der Waals surface area contributed by atoms with E-state index in [1.54, 1.807) is 30.3 Å². The first-order chi connectivity index (χ1) is 17.5. The van der Waals surface area contributed by atoms with Crippen LogP contribution in [0.3, 0.4) is 0 Å². The largest absolute Gasteiger partial charge is 0.455 e. The Kier molecular flexibility index (Phi) is 7.51. The van der Waals surface area contributed by atoms with E-state index in [0.29, 0.717) is 45.5 Å². The Bertz CT molecular complexity index is 1340. The number of likely N-dealkylation sites (tertiary alicyclic amines) is 1. The zero-order valence-corrected chi connectivity index (χ0v) is 20.9. The number of aromatic nitrogens is 2. The van der Waals surface area contributed by atoms with Crippen molar-refractivity contribution in [2.45, 2.75) is 19.4 Å². The molecular weight excluding hydrogens is 499 g/mol. The summed E-state index contributed by atoms with van der Waals surface area (Å²) in [5, 5.41) is 8.23. The minimum Gasteiger partial charge on any atom is -0.455 e. The molecule has 1 aliphatic heterocycles. The number of rotatable bonds is 7. The summed E-state index contributed by atoms with van der Waals surface area (Å²) in [5.41, 5.74) is 1.36. The maximum Gasteiger partial charge on any atom is 0.241 e. The number of hydrogen-bond donors (Lipinski definition) is 1. The molecule has 0 saturated carbocycles. The summed E-state index contributed by atoms with van der Waals surface area (Å²) < 4.78 is 11.4. The molecule has 36 heavy (non-hydrogen) atoms. The Hall–Kier alpha value is -3.39. The zero-order valence-electron chi connectivity index (χ0n) is 19.4. The maximum atomic E-state index is 13.1. The summed E-state index contributed by atoms with van der Waals surface area (Å²) in [5.74, 6) is 2.11. The van der Waals surface area contributed by atoms with Gasteiger partial charge in [-0.15, -0.1) is 0 Å². The highest BCUT2D eigenvalue weighted by Gasteiger charge is 2.27. The maximum absolute atomic E-state index is 13.1. The topological polar surface area (TPSA) is 80.5 Å². The lowest BCUT2D eigenvalue weighted by atomic mass is 9.96. The average molecular weight is 523 g/mol. The van der Waals surface area contributed by atoms with Crippen LogP contribution in [0, 0.1) is 5.92 Å². The first-order valence-corrected chi connectivity index (χ1v) is 12.4. The van der Waals surface area contributed by atoms with Crippen LogP contribution in [0.15, 0.2) is 77.3 Å². The Morgan fingerprint density at radius 1 is 1.00 bits per heavy atom. The van der Waals surface area contributed by atoms with Gasteiger partial charge >= 0.3 is 0 Å². The highest BCUT2D eigenvalue weighted by Crippen LogP contribution is 2.33. The molecule has 0 spiro atoms. The van der Waals surface area contributed by atoms with E-state index in [1.807, 2.05) is 42.5 Å². The number of benzene rings is 3. The van der Waals surface area contributed by atoms with Crippen LogP contribution in [0.4, 0.5) is 5.69 Å². The third-order valence-electron chi connectivity index (χ3n) is 6.04. The van der Waals surface area contributed by atoms with E-state index in [0.717, 1.165) is 31.5 Å². The molecule has 0 atom stereocenters. The van der Waals surface area contributed by atoms with Crippen molar-refractivity contribution in [3.05, 3.63) is 88.7 Å². The second-order valence-corrected chi connectivity index (χ2v) is 9.49. The molecule has 1 N–H and O–H groups in total. The van der Waals surface area contributed by atoms with Crippen LogP contribution < -0.4 is 10.1 Å². The van der Waals surface area contributed by atoms with Crippen molar-refractivity contribution in [2.24, 2.45) is 5.92 Å². The molecule has 9 heteroatoms. The zero-order chi connectivity index (χ0) is 24.9. The number of ether oxygens (including phenoxy) is 1. The number of halogens is 2. The molecule has 3 aromatic carbocycles. The molecule has 0 unspecified atom stereocenters. The van der Waals surface area contributed by atoms with Gasteiger partial charge in [-0.05, 0) is 68.4 Å². The number of nitrogens with one attached hydrogen (secondary N) is 1. The number of piperidine rings is 1. The first-order valence-electron chi connectivity index (χ1n) is 11.7. The lowest BCUT2D eigenvalue weighted by Crippen LogP contribution is -2.37. The highest BCUT2D eigenvalue weighted by molar-refractivity contribution is 6.31. The monoisotopic (exact) mass is 522 g/mol. The lowest BCUT2D eigenvalue weighted by Gasteiger charge is -2.30. The van der Waals surface area contributed by atoms with Crippen molar-refractivity contribution in [2.75, 3.05) is 18.4 Å². The molecule has 2 heterocycles. The van der Waals surface area contributed by atoms with Gasteiger partial charge in [0.1, 0.15) is 5.75 Å². The fraction of sp³-hybridized carbons (Fsp3) is 0.222. The SMILES string of the molecule is O=C(Nc1cc(Cl)ccc1Oc1ccccc1)C1CCN(Cc2nc(-c3cccc(Cl)c3)no2)CC1. The van der Waals surface area contributed by atoms with Gasteiger partial charge in [0.15, 0.2) is 5.75 Å². The molecule has 4 aromatic rings. The van der Waals surface area contributed by atoms with Crippen LogP contribution in [0.2, 0.25) is 10.0 Å². The molecule has 184 valence electrons. The number of anilines is 1. The predicted molar refractivity (Wildman–Crippen MR) is 139 cm³/mol. The fourth-order valence-corrected chi connectivity index (χ4v) is 4.51. The molecule has 0 bridgehead atoms. The van der Waals surface area contributed by atoms with E-state index in [4.69, 9.17) is 32.5 Å². The standard InChI is InChI=1S/C27H24Cl2N4O3/c28-20-6-4-5-19(15-20)26-31-25(36-32-26)17-33-13-11-18(12-14-33)27(34)30-23-16-21(29)9-10-24(23)35-22-7-2-1-3-8-22/h1-10,15-16,18H,11-14,17H2,(H,30,34). The molecule has 1 fully saturated rings. The van der Waals surface area contributed by atoms with Gasteiger partial charge in [0.2, 0.25) is 17.6 Å². The van der Waals surface area contributed by atoms with Gasteiger partial charge in [-0.2, -0.15) is 4.98 Å². The Morgan fingerprint density at radius 3 is 2.56 bits per heavy atom. The van der Waals surface area contributed by atoms with Crippen LogP contribution in [-0.4, -0.2) is 34.0 Å². The Morgan fingerprint density at radius 2 is 1.78 bits per heavy atom.